The van der Waals surface area contributed by atoms with Crippen molar-refractivity contribution in [2.45, 2.75) is 51.5 Å². The molecule has 1 rings (SSSR count). The van der Waals surface area contributed by atoms with Crippen LogP contribution in [0.4, 0.5) is 0 Å². The molecule has 0 radical (unpaired) electrons. The van der Waals surface area contributed by atoms with Gasteiger partial charge in [-0.15, -0.1) is 24.0 Å². The number of nitrogens with one attached hydrogen (secondary N) is 3. The molecule has 1 aliphatic carbocycles. The van der Waals surface area contributed by atoms with Gasteiger partial charge in [-0.1, -0.05) is 19.3 Å². The van der Waals surface area contributed by atoms with Crippen LogP contribution < -0.4 is 16.0 Å². The number of hydrogen-bond acceptors (Lipinski definition) is 3. The lowest BCUT2D eigenvalue weighted by Gasteiger charge is -2.22. The van der Waals surface area contributed by atoms with Gasteiger partial charge in [-0.05, 0) is 26.2 Å². The summed E-state index contributed by atoms with van der Waals surface area (Å²) in [5.74, 6) is 0.698. The Morgan fingerprint density at radius 1 is 1.23 bits per heavy atom. The van der Waals surface area contributed by atoms with Crippen molar-refractivity contribution in [3.05, 3.63) is 0 Å². The van der Waals surface area contributed by atoms with Crippen LogP contribution >= 0.6 is 24.0 Å². The van der Waals surface area contributed by atoms with Crippen molar-refractivity contribution in [2.75, 3.05) is 33.4 Å². The number of carbonyl (C=O) groups is 1. The molecule has 0 saturated heterocycles. The molecular formula is C15H31IN4O2. The highest BCUT2D eigenvalue weighted by atomic mass is 127. The average molecular weight is 426 g/mol. The summed E-state index contributed by atoms with van der Waals surface area (Å²) < 4.78 is 5.00. The van der Waals surface area contributed by atoms with E-state index in [2.05, 4.69) is 20.9 Å². The van der Waals surface area contributed by atoms with Gasteiger partial charge in [-0.2, -0.15) is 0 Å². The van der Waals surface area contributed by atoms with Gasteiger partial charge in [0.1, 0.15) is 6.54 Å². The number of aliphatic imine (C=N–C) groups is 1. The van der Waals surface area contributed by atoms with Gasteiger partial charge in [0.05, 0.1) is 0 Å². The van der Waals surface area contributed by atoms with E-state index in [4.69, 9.17) is 4.74 Å². The Labute approximate surface area is 151 Å². The summed E-state index contributed by atoms with van der Waals surface area (Å²) in [6.07, 6.45) is 6.85. The Morgan fingerprint density at radius 3 is 2.59 bits per heavy atom. The number of rotatable bonds is 8. The first-order chi connectivity index (χ1) is 10.3. The molecule has 7 heteroatoms. The van der Waals surface area contributed by atoms with Crippen LogP contribution in [0.2, 0.25) is 0 Å². The summed E-state index contributed by atoms with van der Waals surface area (Å²) in [4.78, 5) is 16.2. The topological polar surface area (TPSA) is 74.8 Å². The first kappa shape index (κ1) is 21.4. The van der Waals surface area contributed by atoms with E-state index in [9.17, 15) is 4.79 Å². The van der Waals surface area contributed by atoms with Crippen LogP contribution in [0.5, 0.6) is 0 Å². The summed E-state index contributed by atoms with van der Waals surface area (Å²) >= 11 is 0. The quantitative estimate of drug-likeness (QED) is 0.239. The number of methoxy groups -OCH3 is 1. The molecule has 0 unspecified atom stereocenters. The largest absolute Gasteiger partial charge is 0.385 e. The third-order valence-corrected chi connectivity index (χ3v) is 3.51. The molecular weight excluding hydrogens is 395 g/mol. The third kappa shape index (κ3) is 10.2. The van der Waals surface area contributed by atoms with Crippen molar-refractivity contribution >= 4 is 35.8 Å². The molecule has 0 aromatic carbocycles. The molecule has 3 N–H and O–H groups in total. The first-order valence-corrected chi connectivity index (χ1v) is 8.06. The second-order valence-electron chi connectivity index (χ2n) is 5.37. The van der Waals surface area contributed by atoms with Crippen LogP contribution in [-0.2, 0) is 9.53 Å². The molecule has 0 bridgehead atoms. The fourth-order valence-corrected chi connectivity index (χ4v) is 2.44. The summed E-state index contributed by atoms with van der Waals surface area (Å²) in [6, 6.07) is 0.346. The number of carbonyl (C=O) groups excluding carboxylic acids is 1. The number of halogens is 1. The SMILES string of the molecule is CCNC(=NCC(=O)NC1CCCCC1)NCCCOC.I. The molecule has 0 atom stereocenters. The van der Waals surface area contributed by atoms with Gasteiger partial charge in [-0.25, -0.2) is 4.99 Å². The van der Waals surface area contributed by atoms with E-state index in [-0.39, 0.29) is 36.4 Å². The van der Waals surface area contributed by atoms with Crippen molar-refractivity contribution in [3.63, 3.8) is 0 Å². The summed E-state index contributed by atoms with van der Waals surface area (Å²) in [7, 11) is 1.69. The fraction of sp³-hybridized carbons (Fsp3) is 0.867. The van der Waals surface area contributed by atoms with E-state index in [1.54, 1.807) is 7.11 Å². The standard InChI is InChI=1S/C15H30N4O2.HI/c1-3-16-15(17-10-7-11-21-2)18-12-14(20)19-13-8-5-4-6-9-13;/h13H,3-12H2,1-2H3,(H,19,20)(H2,16,17,18);1H. The maximum absolute atomic E-state index is 11.9. The molecule has 0 aromatic heterocycles. The second kappa shape index (κ2) is 14.0. The highest BCUT2D eigenvalue weighted by Gasteiger charge is 2.15. The minimum absolute atomic E-state index is 0. The fourth-order valence-electron chi connectivity index (χ4n) is 2.44. The average Bonchev–Trinajstić information content (AvgIpc) is 2.50. The van der Waals surface area contributed by atoms with E-state index in [0.717, 1.165) is 32.4 Å². The molecule has 1 aliphatic rings. The zero-order valence-corrected chi connectivity index (χ0v) is 16.2. The summed E-state index contributed by atoms with van der Waals surface area (Å²) in [5, 5.41) is 9.40. The number of nitrogens with zero attached hydrogens (tertiary/aromatic N) is 1. The van der Waals surface area contributed by atoms with E-state index >= 15 is 0 Å². The molecule has 0 aromatic rings. The number of ether oxygens (including phenoxy) is 1. The molecule has 0 heterocycles. The van der Waals surface area contributed by atoms with E-state index < -0.39 is 0 Å². The number of hydrogen-bond donors (Lipinski definition) is 3. The number of amides is 1. The van der Waals surface area contributed by atoms with Gasteiger partial charge in [0.25, 0.3) is 0 Å². The molecule has 130 valence electrons. The van der Waals surface area contributed by atoms with Crippen LogP contribution in [0, 0.1) is 0 Å². The van der Waals surface area contributed by atoms with Gasteiger partial charge in [-0.3, -0.25) is 4.79 Å². The minimum Gasteiger partial charge on any atom is -0.385 e. The van der Waals surface area contributed by atoms with Gasteiger partial charge in [0.2, 0.25) is 5.91 Å². The zero-order chi connectivity index (χ0) is 15.3. The van der Waals surface area contributed by atoms with E-state index in [1.807, 2.05) is 6.92 Å². The molecule has 0 spiro atoms. The maximum atomic E-state index is 11.9. The first-order valence-electron chi connectivity index (χ1n) is 8.06. The van der Waals surface area contributed by atoms with Gasteiger partial charge < -0.3 is 20.7 Å². The molecule has 1 fully saturated rings. The van der Waals surface area contributed by atoms with Gasteiger partial charge >= 0.3 is 0 Å². The van der Waals surface area contributed by atoms with Crippen LogP contribution in [0.3, 0.4) is 0 Å². The van der Waals surface area contributed by atoms with Crippen LogP contribution in [0.1, 0.15) is 45.4 Å². The molecule has 0 aliphatic heterocycles. The van der Waals surface area contributed by atoms with Crippen molar-refractivity contribution in [3.8, 4) is 0 Å². The predicted molar refractivity (Wildman–Crippen MR) is 101 cm³/mol. The Hall–Kier alpha value is -0.570. The van der Waals surface area contributed by atoms with Crippen molar-refractivity contribution in [1.29, 1.82) is 0 Å². The molecule has 22 heavy (non-hydrogen) atoms. The van der Waals surface area contributed by atoms with Crippen LogP contribution in [0.15, 0.2) is 4.99 Å². The lowest BCUT2D eigenvalue weighted by molar-refractivity contribution is -0.120. The van der Waals surface area contributed by atoms with E-state index in [1.165, 1.54) is 19.3 Å². The molecule has 1 amide bonds. The van der Waals surface area contributed by atoms with Crippen molar-refractivity contribution < 1.29 is 9.53 Å². The van der Waals surface area contributed by atoms with Crippen molar-refractivity contribution in [2.24, 2.45) is 4.99 Å². The van der Waals surface area contributed by atoms with Gasteiger partial charge in [0.15, 0.2) is 5.96 Å². The predicted octanol–water partition coefficient (Wildman–Crippen LogP) is 1.64. The maximum Gasteiger partial charge on any atom is 0.242 e. The van der Waals surface area contributed by atoms with E-state index in [0.29, 0.717) is 18.6 Å². The normalized spacial score (nSPS) is 15.8. The smallest absolute Gasteiger partial charge is 0.242 e. The minimum atomic E-state index is 0. The van der Waals surface area contributed by atoms with Gasteiger partial charge in [0, 0.05) is 32.8 Å². The monoisotopic (exact) mass is 426 g/mol. The summed E-state index contributed by atoms with van der Waals surface area (Å²) in [5.41, 5.74) is 0. The molecule has 1 saturated carbocycles. The summed E-state index contributed by atoms with van der Waals surface area (Å²) in [6.45, 7) is 4.46. The Kier molecular flexibility index (Phi) is 13.7. The highest BCUT2D eigenvalue weighted by molar-refractivity contribution is 14.0. The zero-order valence-electron chi connectivity index (χ0n) is 13.8. The Morgan fingerprint density at radius 2 is 1.95 bits per heavy atom. The number of guanidine groups is 1. The lowest BCUT2D eigenvalue weighted by atomic mass is 9.95. The lowest BCUT2D eigenvalue weighted by Crippen LogP contribution is -2.41. The second-order valence-corrected chi connectivity index (χ2v) is 5.37. The highest BCUT2D eigenvalue weighted by Crippen LogP contribution is 2.17. The molecule has 6 nitrogen and oxygen atoms in total. The third-order valence-electron chi connectivity index (χ3n) is 3.51. The van der Waals surface area contributed by atoms with Crippen LogP contribution in [0.25, 0.3) is 0 Å². The Balaban J connectivity index is 0.00000441. The Bertz CT molecular complexity index is 321. The van der Waals surface area contributed by atoms with Crippen LogP contribution in [-0.4, -0.2) is 51.3 Å². The van der Waals surface area contributed by atoms with Crippen molar-refractivity contribution in [1.82, 2.24) is 16.0 Å².